The van der Waals surface area contributed by atoms with Crippen molar-refractivity contribution in [2.75, 3.05) is 24.5 Å². The Morgan fingerprint density at radius 2 is 2.17 bits per heavy atom. The van der Waals surface area contributed by atoms with Gasteiger partial charge in [0, 0.05) is 13.1 Å². The van der Waals surface area contributed by atoms with Crippen molar-refractivity contribution in [2.24, 2.45) is 11.7 Å². The molecule has 0 saturated carbocycles. The minimum Gasteiger partial charge on any atom is -0.478 e. The van der Waals surface area contributed by atoms with Crippen molar-refractivity contribution in [3.8, 4) is 0 Å². The van der Waals surface area contributed by atoms with Gasteiger partial charge in [0.2, 0.25) is 0 Å². The van der Waals surface area contributed by atoms with Crippen LogP contribution in [0.4, 0.5) is 14.5 Å². The minimum absolute atomic E-state index is 0.105. The van der Waals surface area contributed by atoms with Crippen LogP contribution in [0.1, 0.15) is 16.8 Å². The van der Waals surface area contributed by atoms with Gasteiger partial charge in [0.05, 0.1) is 11.3 Å². The molecule has 0 radical (unpaired) electrons. The van der Waals surface area contributed by atoms with Gasteiger partial charge in [-0.3, -0.25) is 0 Å². The molecule has 0 bridgehead atoms. The number of hydrogen-bond acceptors (Lipinski definition) is 3. The number of rotatable bonds is 3. The zero-order chi connectivity index (χ0) is 13.3. The summed E-state index contributed by atoms with van der Waals surface area (Å²) < 4.78 is 27.3. The van der Waals surface area contributed by atoms with Gasteiger partial charge in [-0.15, -0.1) is 0 Å². The second-order valence-electron chi connectivity index (χ2n) is 4.40. The molecule has 1 aromatic rings. The first-order valence-corrected chi connectivity index (χ1v) is 5.71. The van der Waals surface area contributed by atoms with E-state index < -0.39 is 23.2 Å². The van der Waals surface area contributed by atoms with Crippen LogP contribution in [0.5, 0.6) is 0 Å². The van der Waals surface area contributed by atoms with Crippen LogP contribution >= 0.6 is 0 Å². The van der Waals surface area contributed by atoms with Crippen molar-refractivity contribution < 1.29 is 18.7 Å². The Kier molecular flexibility index (Phi) is 3.47. The maximum atomic E-state index is 13.8. The minimum atomic E-state index is -1.47. The van der Waals surface area contributed by atoms with Crippen molar-refractivity contribution in [1.29, 1.82) is 0 Å². The zero-order valence-electron chi connectivity index (χ0n) is 9.70. The quantitative estimate of drug-likeness (QED) is 0.859. The summed E-state index contributed by atoms with van der Waals surface area (Å²) in [7, 11) is 0. The van der Waals surface area contributed by atoms with E-state index in [-0.39, 0.29) is 11.6 Å². The normalized spacial score (nSPS) is 19.3. The third kappa shape index (κ3) is 2.15. The molecule has 4 nitrogen and oxygen atoms in total. The molecule has 0 amide bonds. The third-order valence-electron chi connectivity index (χ3n) is 3.25. The van der Waals surface area contributed by atoms with Crippen LogP contribution in [0, 0.1) is 17.6 Å². The molecule has 2 rings (SSSR count). The number of carboxylic acids is 1. The molecule has 18 heavy (non-hydrogen) atoms. The van der Waals surface area contributed by atoms with Crippen molar-refractivity contribution >= 4 is 11.7 Å². The second-order valence-corrected chi connectivity index (χ2v) is 4.40. The zero-order valence-corrected chi connectivity index (χ0v) is 9.70. The van der Waals surface area contributed by atoms with Crippen molar-refractivity contribution in [1.82, 2.24) is 0 Å². The molecule has 3 N–H and O–H groups in total. The lowest BCUT2D eigenvalue weighted by atomic mass is 10.1. The summed E-state index contributed by atoms with van der Waals surface area (Å²) in [6, 6.07) is 2.40. The van der Waals surface area contributed by atoms with Gasteiger partial charge in [-0.1, -0.05) is 0 Å². The highest BCUT2D eigenvalue weighted by Gasteiger charge is 2.26. The standard InChI is InChI=1S/C12H14F2N2O2/c13-10-8(12(17)18)1-2-9(11(10)14)16-4-3-7(5-15)6-16/h1-2,7H,3-6,15H2,(H,17,18). The molecule has 1 aliphatic heterocycles. The Morgan fingerprint density at radius 3 is 2.72 bits per heavy atom. The van der Waals surface area contributed by atoms with Crippen molar-refractivity contribution in [3.05, 3.63) is 29.3 Å². The summed E-state index contributed by atoms with van der Waals surface area (Å²) in [5.74, 6) is -3.62. The summed E-state index contributed by atoms with van der Waals surface area (Å²) >= 11 is 0. The van der Waals surface area contributed by atoms with Gasteiger partial charge >= 0.3 is 5.97 Å². The van der Waals surface area contributed by atoms with Crippen LogP contribution in [0.15, 0.2) is 12.1 Å². The van der Waals surface area contributed by atoms with Gasteiger partial charge in [-0.25, -0.2) is 13.6 Å². The fourth-order valence-electron chi connectivity index (χ4n) is 2.19. The van der Waals surface area contributed by atoms with Gasteiger partial charge in [-0.05, 0) is 31.0 Å². The number of carboxylic acid groups (broad SMARTS) is 1. The van der Waals surface area contributed by atoms with Crippen LogP contribution in [-0.2, 0) is 0 Å². The van der Waals surface area contributed by atoms with E-state index in [0.717, 1.165) is 12.5 Å². The van der Waals surface area contributed by atoms with Gasteiger partial charge in [-0.2, -0.15) is 0 Å². The number of nitrogens with zero attached hydrogens (tertiary/aromatic N) is 1. The number of hydrogen-bond donors (Lipinski definition) is 2. The Balaban J connectivity index is 2.30. The first kappa shape index (κ1) is 12.8. The van der Waals surface area contributed by atoms with E-state index in [1.54, 1.807) is 4.90 Å². The molecule has 1 heterocycles. The molecule has 6 heteroatoms. The lowest BCUT2D eigenvalue weighted by molar-refractivity contribution is 0.0690. The number of aromatic carboxylic acids is 1. The predicted octanol–water partition coefficient (Wildman–Crippen LogP) is 1.45. The molecular formula is C12H14F2N2O2. The topological polar surface area (TPSA) is 66.6 Å². The monoisotopic (exact) mass is 256 g/mol. The predicted molar refractivity (Wildman–Crippen MR) is 62.7 cm³/mol. The van der Waals surface area contributed by atoms with Gasteiger partial charge in [0.1, 0.15) is 0 Å². The van der Waals surface area contributed by atoms with E-state index in [1.807, 2.05) is 0 Å². The molecule has 1 aliphatic rings. The highest BCUT2D eigenvalue weighted by molar-refractivity contribution is 5.88. The number of halogens is 2. The Labute approximate surface area is 103 Å². The van der Waals surface area contributed by atoms with Crippen LogP contribution in [0.2, 0.25) is 0 Å². The number of anilines is 1. The summed E-state index contributed by atoms with van der Waals surface area (Å²) in [5, 5.41) is 8.69. The van der Waals surface area contributed by atoms with Crippen LogP contribution < -0.4 is 10.6 Å². The first-order chi connectivity index (χ1) is 8.54. The molecule has 98 valence electrons. The Bertz CT molecular complexity index is 479. The molecule has 0 aromatic heterocycles. The number of nitrogens with two attached hydrogens (primary N) is 1. The average molecular weight is 256 g/mol. The fraction of sp³-hybridized carbons (Fsp3) is 0.417. The highest BCUT2D eigenvalue weighted by Crippen LogP contribution is 2.28. The number of benzene rings is 1. The summed E-state index contributed by atoms with van der Waals surface area (Å²) in [6.45, 7) is 1.68. The van der Waals surface area contributed by atoms with Crippen LogP contribution in [0.3, 0.4) is 0 Å². The van der Waals surface area contributed by atoms with Crippen molar-refractivity contribution in [3.63, 3.8) is 0 Å². The average Bonchev–Trinajstić information content (AvgIpc) is 2.80. The van der Waals surface area contributed by atoms with Crippen molar-refractivity contribution in [2.45, 2.75) is 6.42 Å². The molecule has 1 saturated heterocycles. The molecule has 1 aromatic carbocycles. The molecular weight excluding hydrogens is 242 g/mol. The van der Waals surface area contributed by atoms with Gasteiger partial charge in [0.25, 0.3) is 0 Å². The summed E-state index contributed by atoms with van der Waals surface area (Å²) in [5.41, 5.74) is 4.99. The molecule has 1 fully saturated rings. The van der Waals surface area contributed by atoms with Crippen LogP contribution in [-0.4, -0.2) is 30.7 Å². The smallest absolute Gasteiger partial charge is 0.338 e. The van der Waals surface area contributed by atoms with E-state index in [0.29, 0.717) is 19.6 Å². The first-order valence-electron chi connectivity index (χ1n) is 5.71. The highest BCUT2D eigenvalue weighted by atomic mass is 19.2. The summed E-state index contributed by atoms with van der Waals surface area (Å²) in [4.78, 5) is 12.4. The number of carbonyl (C=O) groups is 1. The second kappa shape index (κ2) is 4.89. The van der Waals surface area contributed by atoms with E-state index in [4.69, 9.17) is 10.8 Å². The largest absolute Gasteiger partial charge is 0.478 e. The third-order valence-corrected chi connectivity index (χ3v) is 3.25. The fourth-order valence-corrected chi connectivity index (χ4v) is 2.19. The van der Waals surface area contributed by atoms with Gasteiger partial charge in [0.15, 0.2) is 11.6 Å². The molecule has 0 aliphatic carbocycles. The SMILES string of the molecule is NCC1CCN(c2ccc(C(=O)O)c(F)c2F)C1. The Morgan fingerprint density at radius 1 is 1.44 bits per heavy atom. The van der Waals surface area contributed by atoms with E-state index in [9.17, 15) is 13.6 Å². The molecule has 0 spiro atoms. The maximum absolute atomic E-state index is 13.8. The van der Waals surface area contributed by atoms with E-state index in [2.05, 4.69) is 0 Å². The maximum Gasteiger partial charge on any atom is 0.338 e. The molecule has 1 unspecified atom stereocenters. The molecule has 1 atom stereocenters. The lowest BCUT2D eigenvalue weighted by Gasteiger charge is -2.19. The Hall–Kier alpha value is -1.69. The summed E-state index contributed by atoms with van der Waals surface area (Å²) in [6.07, 6.45) is 0.832. The van der Waals surface area contributed by atoms with E-state index >= 15 is 0 Å². The van der Waals surface area contributed by atoms with Crippen LogP contribution in [0.25, 0.3) is 0 Å². The van der Waals surface area contributed by atoms with Gasteiger partial charge < -0.3 is 15.7 Å². The lowest BCUT2D eigenvalue weighted by Crippen LogP contribution is -2.24. The van der Waals surface area contributed by atoms with E-state index in [1.165, 1.54) is 6.07 Å².